The summed E-state index contributed by atoms with van der Waals surface area (Å²) in [5, 5.41) is 9.12. The van der Waals surface area contributed by atoms with E-state index in [2.05, 4.69) is 13.0 Å². The summed E-state index contributed by atoms with van der Waals surface area (Å²) in [6.45, 7) is 2.19. The van der Waals surface area contributed by atoms with Crippen LogP contribution in [-0.2, 0) is 0 Å². The summed E-state index contributed by atoms with van der Waals surface area (Å²) < 4.78 is 0. The molecule has 0 spiro atoms. The van der Waals surface area contributed by atoms with E-state index in [4.69, 9.17) is 5.26 Å². The van der Waals surface area contributed by atoms with E-state index < -0.39 is 0 Å². The van der Waals surface area contributed by atoms with Crippen LogP contribution in [0.25, 0.3) is 0 Å². The minimum absolute atomic E-state index is 0.0777. The van der Waals surface area contributed by atoms with Gasteiger partial charge in [0.05, 0.1) is 11.5 Å². The third-order valence-corrected chi connectivity index (χ3v) is 3.93. The quantitative estimate of drug-likeness (QED) is 0.629. The maximum Gasteiger partial charge on any atom is 0.0689 e. The average molecular weight is 197 g/mol. The lowest BCUT2D eigenvalue weighted by Crippen LogP contribution is -2.13. The lowest BCUT2D eigenvalue weighted by Gasteiger charge is -2.19. The molecule has 0 unspecified atom stereocenters. The Balaban J connectivity index is 2.21. The number of hydrogen-bond donors (Lipinski definition) is 0. The van der Waals surface area contributed by atoms with Crippen LogP contribution in [0.5, 0.6) is 0 Å². The molecule has 1 saturated carbocycles. The van der Waals surface area contributed by atoms with E-state index in [0.717, 1.165) is 19.3 Å². The number of hydrogen-bond acceptors (Lipinski definition) is 2. The molecular formula is C11H19NS. The Hall–Kier alpha value is -0.160. The molecule has 0 aromatic carbocycles. The summed E-state index contributed by atoms with van der Waals surface area (Å²) in [5.74, 6) is 2.44. The SMILES string of the molecule is CCSCCCC1(C#N)CCCC1. The second-order valence-corrected chi connectivity index (χ2v) is 5.29. The van der Waals surface area contributed by atoms with Gasteiger partial charge in [-0.2, -0.15) is 17.0 Å². The first kappa shape index (κ1) is 10.9. The lowest BCUT2D eigenvalue weighted by atomic mass is 9.83. The van der Waals surface area contributed by atoms with Crippen molar-refractivity contribution in [1.29, 1.82) is 5.26 Å². The minimum Gasteiger partial charge on any atom is -0.198 e. The molecule has 1 nitrogen and oxygen atoms in total. The summed E-state index contributed by atoms with van der Waals surface area (Å²) in [6, 6.07) is 2.55. The van der Waals surface area contributed by atoms with E-state index >= 15 is 0 Å². The molecule has 0 saturated heterocycles. The Morgan fingerprint density at radius 2 is 2.08 bits per heavy atom. The molecule has 13 heavy (non-hydrogen) atoms. The molecule has 0 aromatic rings. The molecule has 0 heterocycles. The molecule has 1 fully saturated rings. The Bertz CT molecular complexity index is 177. The first-order valence-electron chi connectivity index (χ1n) is 5.32. The largest absolute Gasteiger partial charge is 0.198 e. The Morgan fingerprint density at radius 3 is 2.62 bits per heavy atom. The standard InChI is InChI=1S/C11H19NS/c1-2-13-9-5-8-11(10-12)6-3-4-7-11/h2-9H2,1H3. The van der Waals surface area contributed by atoms with Gasteiger partial charge in [0.2, 0.25) is 0 Å². The predicted octanol–water partition coefficient (Wildman–Crippen LogP) is 3.60. The van der Waals surface area contributed by atoms with Crippen LogP contribution in [0.2, 0.25) is 0 Å². The first-order chi connectivity index (χ1) is 6.33. The van der Waals surface area contributed by atoms with Gasteiger partial charge in [-0.15, -0.1) is 0 Å². The highest BCUT2D eigenvalue weighted by molar-refractivity contribution is 7.99. The molecule has 0 aromatic heterocycles. The van der Waals surface area contributed by atoms with Crippen molar-refractivity contribution in [2.45, 2.75) is 45.4 Å². The van der Waals surface area contributed by atoms with Gasteiger partial charge in [0.1, 0.15) is 0 Å². The Kier molecular flexibility index (Phi) is 4.66. The van der Waals surface area contributed by atoms with Crippen LogP contribution in [-0.4, -0.2) is 11.5 Å². The zero-order valence-corrected chi connectivity index (χ0v) is 9.33. The average Bonchev–Trinajstić information content (AvgIpc) is 2.62. The van der Waals surface area contributed by atoms with Crippen LogP contribution in [0.15, 0.2) is 0 Å². The fourth-order valence-electron chi connectivity index (χ4n) is 2.13. The van der Waals surface area contributed by atoms with E-state index in [1.54, 1.807) is 0 Å². The van der Waals surface area contributed by atoms with Crippen LogP contribution in [0.1, 0.15) is 45.4 Å². The molecule has 0 N–H and O–H groups in total. The van der Waals surface area contributed by atoms with Gasteiger partial charge in [-0.05, 0) is 37.2 Å². The third kappa shape index (κ3) is 3.23. The molecule has 0 amide bonds. The van der Waals surface area contributed by atoms with Crippen LogP contribution in [0, 0.1) is 16.7 Å². The molecule has 0 bridgehead atoms. The van der Waals surface area contributed by atoms with Gasteiger partial charge in [-0.25, -0.2) is 0 Å². The van der Waals surface area contributed by atoms with Crippen molar-refractivity contribution in [1.82, 2.24) is 0 Å². The fourth-order valence-corrected chi connectivity index (χ4v) is 2.76. The number of nitrogens with zero attached hydrogens (tertiary/aromatic N) is 1. The van der Waals surface area contributed by atoms with E-state index in [9.17, 15) is 0 Å². The van der Waals surface area contributed by atoms with Crippen molar-refractivity contribution in [2.24, 2.45) is 5.41 Å². The summed E-state index contributed by atoms with van der Waals surface area (Å²) in [5.41, 5.74) is 0.0777. The number of rotatable bonds is 5. The van der Waals surface area contributed by atoms with Crippen molar-refractivity contribution in [3.63, 3.8) is 0 Å². The van der Waals surface area contributed by atoms with Crippen molar-refractivity contribution in [2.75, 3.05) is 11.5 Å². The highest BCUT2D eigenvalue weighted by Gasteiger charge is 2.32. The Morgan fingerprint density at radius 1 is 1.38 bits per heavy atom. The molecule has 1 aliphatic carbocycles. The topological polar surface area (TPSA) is 23.8 Å². The van der Waals surface area contributed by atoms with Crippen LogP contribution in [0.4, 0.5) is 0 Å². The number of thioether (sulfide) groups is 1. The summed E-state index contributed by atoms with van der Waals surface area (Å²) >= 11 is 1.99. The molecule has 1 aliphatic rings. The van der Waals surface area contributed by atoms with Crippen LogP contribution < -0.4 is 0 Å². The van der Waals surface area contributed by atoms with Crippen LogP contribution in [0.3, 0.4) is 0 Å². The zero-order chi connectivity index (χ0) is 9.57. The molecule has 0 radical (unpaired) electrons. The molecular weight excluding hydrogens is 178 g/mol. The monoisotopic (exact) mass is 197 g/mol. The van der Waals surface area contributed by atoms with Crippen molar-refractivity contribution in [3.05, 3.63) is 0 Å². The summed E-state index contributed by atoms with van der Waals surface area (Å²) in [6.07, 6.45) is 7.21. The zero-order valence-electron chi connectivity index (χ0n) is 8.51. The predicted molar refractivity (Wildman–Crippen MR) is 58.7 cm³/mol. The third-order valence-electron chi connectivity index (χ3n) is 2.95. The van der Waals surface area contributed by atoms with Gasteiger partial charge >= 0.3 is 0 Å². The van der Waals surface area contributed by atoms with Gasteiger partial charge in [0, 0.05) is 0 Å². The van der Waals surface area contributed by atoms with Gasteiger partial charge in [-0.1, -0.05) is 19.8 Å². The van der Waals surface area contributed by atoms with Crippen molar-refractivity contribution < 1.29 is 0 Å². The van der Waals surface area contributed by atoms with Crippen molar-refractivity contribution in [3.8, 4) is 6.07 Å². The lowest BCUT2D eigenvalue weighted by molar-refractivity contribution is 0.373. The summed E-state index contributed by atoms with van der Waals surface area (Å²) in [7, 11) is 0. The van der Waals surface area contributed by atoms with E-state index in [0.29, 0.717) is 0 Å². The maximum absolute atomic E-state index is 9.12. The van der Waals surface area contributed by atoms with Gasteiger partial charge in [0.15, 0.2) is 0 Å². The van der Waals surface area contributed by atoms with E-state index in [-0.39, 0.29) is 5.41 Å². The van der Waals surface area contributed by atoms with Crippen LogP contribution >= 0.6 is 11.8 Å². The molecule has 0 atom stereocenters. The highest BCUT2D eigenvalue weighted by Crippen LogP contribution is 2.41. The molecule has 74 valence electrons. The first-order valence-corrected chi connectivity index (χ1v) is 6.47. The van der Waals surface area contributed by atoms with E-state index in [1.165, 1.54) is 30.8 Å². The van der Waals surface area contributed by atoms with Gasteiger partial charge < -0.3 is 0 Å². The van der Waals surface area contributed by atoms with Crippen molar-refractivity contribution >= 4 is 11.8 Å². The Labute approximate surface area is 85.9 Å². The van der Waals surface area contributed by atoms with E-state index in [1.807, 2.05) is 11.8 Å². The normalized spacial score (nSPS) is 20.0. The highest BCUT2D eigenvalue weighted by atomic mass is 32.2. The smallest absolute Gasteiger partial charge is 0.0689 e. The number of nitriles is 1. The second kappa shape index (κ2) is 5.54. The maximum atomic E-state index is 9.12. The van der Waals surface area contributed by atoms with Gasteiger partial charge in [-0.3, -0.25) is 0 Å². The summed E-state index contributed by atoms with van der Waals surface area (Å²) in [4.78, 5) is 0. The molecule has 0 aliphatic heterocycles. The van der Waals surface area contributed by atoms with Gasteiger partial charge in [0.25, 0.3) is 0 Å². The molecule has 2 heteroatoms. The molecule has 1 rings (SSSR count). The minimum atomic E-state index is 0.0777. The fraction of sp³-hybridized carbons (Fsp3) is 0.909. The second-order valence-electron chi connectivity index (χ2n) is 3.90.